The smallest absolute Gasteiger partial charge is 0.0325 e. The van der Waals surface area contributed by atoms with Crippen LogP contribution in [0, 0.1) is 33.6 Å². The Morgan fingerprint density at radius 1 is 0.950 bits per heavy atom. The normalized spacial score (nSPS) is 13.0. The van der Waals surface area contributed by atoms with Gasteiger partial charge in [0.05, 0.1) is 0 Å². The Hall–Kier alpha value is -0.820. The molecule has 1 unspecified atom stereocenters. The molecule has 0 amide bonds. The van der Waals surface area contributed by atoms with Crippen molar-refractivity contribution in [1.29, 1.82) is 0 Å². The van der Waals surface area contributed by atoms with Crippen LogP contribution in [-0.2, 0) is 0 Å². The number of hydrogen-bond donors (Lipinski definition) is 1. The van der Waals surface area contributed by atoms with Crippen molar-refractivity contribution in [3.8, 4) is 0 Å². The van der Waals surface area contributed by atoms with Crippen LogP contribution in [-0.4, -0.2) is 6.54 Å². The Kier molecular flexibility index (Phi) is 6.75. The number of rotatable bonds is 7. The summed E-state index contributed by atoms with van der Waals surface area (Å²) in [6.45, 7) is 17.0. The highest BCUT2D eigenvalue weighted by atomic mass is 14.9. The van der Waals surface area contributed by atoms with Gasteiger partial charge in [-0.2, -0.15) is 0 Å². The first kappa shape index (κ1) is 17.2. The maximum absolute atomic E-state index is 3.78. The lowest BCUT2D eigenvalue weighted by atomic mass is 9.87. The summed E-state index contributed by atoms with van der Waals surface area (Å²) in [5.74, 6) is 0.771. The zero-order valence-corrected chi connectivity index (χ0v) is 14.6. The second kappa shape index (κ2) is 7.83. The fraction of sp³-hybridized carbons (Fsp3) is 0.684. The van der Waals surface area contributed by atoms with Crippen molar-refractivity contribution < 1.29 is 0 Å². The maximum atomic E-state index is 3.78. The second-order valence-corrected chi connectivity index (χ2v) is 6.65. The van der Waals surface area contributed by atoms with Gasteiger partial charge < -0.3 is 5.32 Å². The van der Waals surface area contributed by atoms with Gasteiger partial charge in [-0.25, -0.2) is 0 Å². The van der Waals surface area contributed by atoms with E-state index < -0.39 is 0 Å². The summed E-state index contributed by atoms with van der Waals surface area (Å²) in [5, 5.41) is 3.78. The van der Waals surface area contributed by atoms with E-state index in [1.807, 2.05) is 0 Å². The lowest BCUT2D eigenvalue weighted by Gasteiger charge is -2.26. The standard InChI is InChI=1S/C19H33N/c1-8-11-20-18(10-9-13(2)3)19-16(6)14(4)12-15(5)17(19)7/h12-13,18,20H,8-11H2,1-7H3. The highest BCUT2D eigenvalue weighted by Gasteiger charge is 2.18. The zero-order chi connectivity index (χ0) is 15.3. The minimum absolute atomic E-state index is 0.510. The van der Waals surface area contributed by atoms with E-state index >= 15 is 0 Å². The van der Waals surface area contributed by atoms with Crippen molar-refractivity contribution in [2.75, 3.05) is 6.54 Å². The van der Waals surface area contributed by atoms with E-state index in [2.05, 4.69) is 59.8 Å². The van der Waals surface area contributed by atoms with Crippen molar-refractivity contribution in [3.63, 3.8) is 0 Å². The molecule has 0 aliphatic rings. The van der Waals surface area contributed by atoms with Gasteiger partial charge >= 0.3 is 0 Å². The molecule has 1 N–H and O–H groups in total. The van der Waals surface area contributed by atoms with Crippen LogP contribution in [0.4, 0.5) is 0 Å². The minimum atomic E-state index is 0.510. The average molecular weight is 275 g/mol. The lowest BCUT2D eigenvalue weighted by molar-refractivity contribution is 0.438. The molecule has 114 valence electrons. The summed E-state index contributed by atoms with van der Waals surface area (Å²) >= 11 is 0. The molecular weight excluding hydrogens is 242 g/mol. The van der Waals surface area contributed by atoms with Crippen LogP contribution in [0.5, 0.6) is 0 Å². The number of nitrogens with one attached hydrogen (secondary N) is 1. The van der Waals surface area contributed by atoms with Gasteiger partial charge in [-0.05, 0) is 87.2 Å². The van der Waals surface area contributed by atoms with E-state index in [0.29, 0.717) is 6.04 Å². The Morgan fingerprint density at radius 2 is 1.50 bits per heavy atom. The fourth-order valence-electron chi connectivity index (χ4n) is 2.94. The Labute approximate surface area is 126 Å². The summed E-state index contributed by atoms with van der Waals surface area (Å²) in [6, 6.07) is 2.84. The number of hydrogen-bond acceptors (Lipinski definition) is 1. The van der Waals surface area contributed by atoms with E-state index in [4.69, 9.17) is 0 Å². The van der Waals surface area contributed by atoms with Gasteiger partial charge in [-0.1, -0.05) is 26.8 Å². The molecule has 0 aliphatic heterocycles. The van der Waals surface area contributed by atoms with Crippen molar-refractivity contribution in [1.82, 2.24) is 5.32 Å². The molecule has 0 radical (unpaired) electrons. The highest BCUT2D eigenvalue weighted by molar-refractivity contribution is 5.45. The molecule has 0 fully saturated rings. The van der Waals surface area contributed by atoms with Gasteiger partial charge in [0, 0.05) is 6.04 Å². The lowest BCUT2D eigenvalue weighted by Crippen LogP contribution is -2.24. The average Bonchev–Trinajstić information content (AvgIpc) is 2.38. The molecule has 0 saturated carbocycles. The molecule has 0 saturated heterocycles. The van der Waals surface area contributed by atoms with Gasteiger partial charge in [0.1, 0.15) is 0 Å². The molecule has 1 nitrogen and oxygen atoms in total. The van der Waals surface area contributed by atoms with E-state index in [1.54, 1.807) is 5.56 Å². The third kappa shape index (κ3) is 4.34. The SMILES string of the molecule is CCCNC(CCC(C)C)c1c(C)c(C)cc(C)c1C. The van der Waals surface area contributed by atoms with Crippen LogP contribution in [0.25, 0.3) is 0 Å². The summed E-state index contributed by atoms with van der Waals surface area (Å²) in [6.07, 6.45) is 3.72. The Balaban J connectivity index is 3.11. The van der Waals surface area contributed by atoms with Gasteiger partial charge in [0.25, 0.3) is 0 Å². The fourth-order valence-corrected chi connectivity index (χ4v) is 2.94. The minimum Gasteiger partial charge on any atom is -0.310 e. The summed E-state index contributed by atoms with van der Waals surface area (Å²) in [4.78, 5) is 0. The molecule has 1 aromatic carbocycles. The third-order valence-electron chi connectivity index (χ3n) is 4.45. The maximum Gasteiger partial charge on any atom is 0.0325 e. The molecular formula is C19H33N. The van der Waals surface area contributed by atoms with Crippen LogP contribution >= 0.6 is 0 Å². The predicted octanol–water partition coefficient (Wildman–Crippen LogP) is 5.40. The summed E-state index contributed by atoms with van der Waals surface area (Å²) in [7, 11) is 0. The first-order valence-corrected chi connectivity index (χ1v) is 8.19. The Morgan fingerprint density at radius 3 is 1.95 bits per heavy atom. The highest BCUT2D eigenvalue weighted by Crippen LogP contribution is 2.30. The van der Waals surface area contributed by atoms with Crippen molar-refractivity contribution in [2.45, 2.75) is 73.8 Å². The first-order valence-electron chi connectivity index (χ1n) is 8.19. The van der Waals surface area contributed by atoms with Crippen LogP contribution < -0.4 is 5.32 Å². The monoisotopic (exact) mass is 275 g/mol. The second-order valence-electron chi connectivity index (χ2n) is 6.65. The van der Waals surface area contributed by atoms with Crippen molar-refractivity contribution in [2.24, 2.45) is 5.92 Å². The van der Waals surface area contributed by atoms with E-state index in [-0.39, 0.29) is 0 Å². The van der Waals surface area contributed by atoms with Crippen LogP contribution in [0.15, 0.2) is 6.07 Å². The quantitative estimate of drug-likeness (QED) is 0.703. The number of aryl methyl sites for hydroxylation is 2. The van der Waals surface area contributed by atoms with E-state index in [1.165, 1.54) is 41.5 Å². The van der Waals surface area contributed by atoms with Crippen LogP contribution in [0.2, 0.25) is 0 Å². The van der Waals surface area contributed by atoms with E-state index in [9.17, 15) is 0 Å². The van der Waals surface area contributed by atoms with E-state index in [0.717, 1.165) is 12.5 Å². The molecule has 0 heterocycles. The molecule has 1 aromatic rings. The van der Waals surface area contributed by atoms with Gasteiger partial charge in [0.15, 0.2) is 0 Å². The Bertz CT molecular complexity index is 406. The van der Waals surface area contributed by atoms with Crippen molar-refractivity contribution in [3.05, 3.63) is 33.9 Å². The molecule has 0 spiro atoms. The van der Waals surface area contributed by atoms with Crippen LogP contribution in [0.1, 0.15) is 73.9 Å². The molecule has 1 atom stereocenters. The number of benzene rings is 1. The third-order valence-corrected chi connectivity index (χ3v) is 4.45. The molecule has 0 aliphatic carbocycles. The summed E-state index contributed by atoms with van der Waals surface area (Å²) < 4.78 is 0. The summed E-state index contributed by atoms with van der Waals surface area (Å²) in [5.41, 5.74) is 7.36. The predicted molar refractivity (Wildman–Crippen MR) is 90.5 cm³/mol. The van der Waals surface area contributed by atoms with Gasteiger partial charge in [-0.3, -0.25) is 0 Å². The largest absolute Gasteiger partial charge is 0.310 e. The zero-order valence-electron chi connectivity index (χ0n) is 14.6. The van der Waals surface area contributed by atoms with Gasteiger partial charge in [0.2, 0.25) is 0 Å². The molecule has 0 aromatic heterocycles. The molecule has 1 heteroatoms. The molecule has 0 bridgehead atoms. The van der Waals surface area contributed by atoms with Crippen LogP contribution in [0.3, 0.4) is 0 Å². The topological polar surface area (TPSA) is 12.0 Å². The molecule has 20 heavy (non-hydrogen) atoms. The molecule has 1 rings (SSSR count). The van der Waals surface area contributed by atoms with Crippen molar-refractivity contribution >= 4 is 0 Å². The van der Waals surface area contributed by atoms with Gasteiger partial charge in [-0.15, -0.1) is 0 Å². The first-order chi connectivity index (χ1) is 9.38.